The van der Waals surface area contributed by atoms with Crippen LogP contribution in [0.5, 0.6) is 0 Å². The molecule has 1 heterocycles. The van der Waals surface area contributed by atoms with Gasteiger partial charge in [-0.1, -0.05) is 30.3 Å². The third-order valence-corrected chi connectivity index (χ3v) is 4.50. The molecule has 2 amide bonds. The van der Waals surface area contributed by atoms with Crippen molar-refractivity contribution in [3.8, 4) is 0 Å². The molecule has 2 unspecified atom stereocenters. The minimum absolute atomic E-state index is 0.0294. The molecule has 25 heavy (non-hydrogen) atoms. The van der Waals surface area contributed by atoms with Gasteiger partial charge in [0.05, 0.1) is 13.2 Å². The molecule has 2 rings (SSSR count). The van der Waals surface area contributed by atoms with Crippen LogP contribution in [0.15, 0.2) is 30.3 Å². The van der Waals surface area contributed by atoms with E-state index in [9.17, 15) is 19.8 Å². The Morgan fingerprint density at radius 2 is 2.00 bits per heavy atom. The van der Waals surface area contributed by atoms with Crippen molar-refractivity contribution >= 4 is 12.0 Å². The number of β-amino-alcohol motifs (C(OH)–C–C–N with tert-alkyl or cyclic N) is 1. The Balaban J connectivity index is 1.99. The predicted octanol–water partition coefficient (Wildman–Crippen LogP) is 0.991. The van der Waals surface area contributed by atoms with Gasteiger partial charge in [-0.2, -0.15) is 0 Å². The summed E-state index contributed by atoms with van der Waals surface area (Å²) in [6, 6.07) is 8.93. The van der Waals surface area contributed by atoms with Crippen LogP contribution in [0.2, 0.25) is 0 Å². The number of aliphatic hydroxyl groups is 2. The summed E-state index contributed by atoms with van der Waals surface area (Å²) in [4.78, 5) is 24.9. The molecule has 0 bridgehead atoms. The van der Waals surface area contributed by atoms with E-state index in [2.05, 4.69) is 5.32 Å². The molecule has 1 fully saturated rings. The van der Waals surface area contributed by atoms with E-state index in [1.54, 1.807) is 0 Å². The van der Waals surface area contributed by atoms with Gasteiger partial charge >= 0.3 is 12.0 Å². The molecule has 1 aliphatic heterocycles. The third kappa shape index (κ3) is 6.03. The lowest BCUT2D eigenvalue weighted by Gasteiger charge is -2.38. The van der Waals surface area contributed by atoms with Crippen molar-refractivity contribution in [2.24, 2.45) is 0 Å². The fourth-order valence-corrected chi connectivity index (χ4v) is 3.10. The minimum atomic E-state index is -1.26. The van der Waals surface area contributed by atoms with Crippen molar-refractivity contribution in [2.75, 3.05) is 19.7 Å². The average molecular weight is 350 g/mol. The van der Waals surface area contributed by atoms with Crippen LogP contribution in [0.25, 0.3) is 0 Å². The Labute approximate surface area is 147 Å². The fourth-order valence-electron chi connectivity index (χ4n) is 3.10. The molecular weight excluding hydrogens is 324 g/mol. The number of benzene rings is 1. The standard InChI is InChI=1S/C18H26N2O5/c21-13-18(25)9-4-10-20(12-18)17(24)19-15(7-8-16(22)23)11-14-5-2-1-3-6-14/h1-3,5-6,15,21,25H,4,7-13H2,(H,19,24)(H,22,23). The quantitative estimate of drug-likeness (QED) is 0.586. The molecule has 1 aromatic rings. The van der Waals surface area contributed by atoms with Crippen molar-refractivity contribution in [3.63, 3.8) is 0 Å². The van der Waals surface area contributed by atoms with Crippen LogP contribution >= 0.6 is 0 Å². The number of nitrogens with zero attached hydrogens (tertiary/aromatic N) is 1. The highest BCUT2D eigenvalue weighted by Crippen LogP contribution is 2.21. The first kappa shape index (κ1) is 19.2. The third-order valence-electron chi connectivity index (χ3n) is 4.50. The number of likely N-dealkylation sites (tertiary alicyclic amines) is 1. The van der Waals surface area contributed by atoms with Gasteiger partial charge in [-0.25, -0.2) is 4.79 Å². The number of piperidine rings is 1. The fraction of sp³-hybridized carbons (Fsp3) is 0.556. The summed E-state index contributed by atoms with van der Waals surface area (Å²) in [5, 5.41) is 31.3. The summed E-state index contributed by atoms with van der Waals surface area (Å²) in [6.45, 7) is 0.195. The summed E-state index contributed by atoms with van der Waals surface area (Å²) in [7, 11) is 0. The van der Waals surface area contributed by atoms with Gasteiger partial charge in [0.15, 0.2) is 0 Å². The number of carbonyl (C=O) groups is 2. The van der Waals surface area contributed by atoms with Gasteiger partial charge in [0, 0.05) is 19.0 Å². The molecule has 0 spiro atoms. The Hall–Kier alpha value is -2.12. The predicted molar refractivity (Wildman–Crippen MR) is 92.2 cm³/mol. The number of carboxylic acids is 1. The summed E-state index contributed by atoms with van der Waals surface area (Å²) < 4.78 is 0. The van der Waals surface area contributed by atoms with Crippen molar-refractivity contribution in [1.29, 1.82) is 0 Å². The van der Waals surface area contributed by atoms with Crippen molar-refractivity contribution < 1.29 is 24.9 Å². The maximum Gasteiger partial charge on any atom is 0.317 e. The number of amides is 2. The maximum atomic E-state index is 12.5. The molecule has 138 valence electrons. The molecule has 4 N–H and O–H groups in total. The highest BCUT2D eigenvalue weighted by Gasteiger charge is 2.35. The van der Waals surface area contributed by atoms with Gasteiger partial charge in [-0.3, -0.25) is 4.79 Å². The first-order valence-corrected chi connectivity index (χ1v) is 8.56. The maximum absolute atomic E-state index is 12.5. The Morgan fingerprint density at radius 1 is 1.28 bits per heavy atom. The van der Waals surface area contributed by atoms with Gasteiger partial charge in [0.25, 0.3) is 0 Å². The summed E-state index contributed by atoms with van der Waals surface area (Å²) in [6.07, 6.45) is 1.91. The highest BCUT2D eigenvalue weighted by atomic mass is 16.4. The van der Waals surface area contributed by atoms with Crippen LogP contribution in [0.3, 0.4) is 0 Å². The largest absolute Gasteiger partial charge is 0.481 e. The Kier molecular flexibility index (Phi) is 6.78. The molecule has 2 atom stereocenters. The smallest absolute Gasteiger partial charge is 0.317 e. The molecule has 0 saturated carbocycles. The van der Waals surface area contributed by atoms with E-state index in [0.717, 1.165) is 5.56 Å². The van der Waals surface area contributed by atoms with E-state index in [4.69, 9.17) is 5.11 Å². The van der Waals surface area contributed by atoms with Crippen LogP contribution in [-0.4, -0.2) is 63.6 Å². The van der Waals surface area contributed by atoms with Crippen LogP contribution in [0.1, 0.15) is 31.2 Å². The topological polar surface area (TPSA) is 110 Å². The zero-order chi connectivity index (χ0) is 18.3. The highest BCUT2D eigenvalue weighted by molar-refractivity contribution is 5.75. The van der Waals surface area contributed by atoms with Crippen molar-refractivity contribution in [1.82, 2.24) is 10.2 Å². The monoisotopic (exact) mass is 350 g/mol. The number of carbonyl (C=O) groups excluding carboxylic acids is 1. The lowest BCUT2D eigenvalue weighted by atomic mass is 9.94. The SMILES string of the molecule is O=C(O)CCC(Cc1ccccc1)NC(=O)N1CCCC(O)(CO)C1. The number of hydrogen-bond donors (Lipinski definition) is 4. The number of hydrogen-bond acceptors (Lipinski definition) is 4. The number of carboxylic acid groups (broad SMARTS) is 1. The second kappa shape index (κ2) is 8.82. The van der Waals surface area contributed by atoms with E-state index in [1.165, 1.54) is 4.90 Å². The van der Waals surface area contributed by atoms with E-state index in [-0.39, 0.29) is 31.6 Å². The van der Waals surface area contributed by atoms with Crippen LogP contribution < -0.4 is 5.32 Å². The minimum Gasteiger partial charge on any atom is -0.481 e. The first-order chi connectivity index (χ1) is 11.9. The molecule has 0 aromatic heterocycles. The molecule has 1 aromatic carbocycles. The summed E-state index contributed by atoms with van der Waals surface area (Å²) in [5.41, 5.74) is -0.241. The normalized spacial score (nSPS) is 21.6. The van der Waals surface area contributed by atoms with E-state index in [0.29, 0.717) is 32.2 Å². The Morgan fingerprint density at radius 3 is 2.64 bits per heavy atom. The van der Waals surface area contributed by atoms with E-state index >= 15 is 0 Å². The number of nitrogens with one attached hydrogen (secondary N) is 1. The Bertz CT molecular complexity index is 580. The molecule has 1 aliphatic rings. The van der Waals surface area contributed by atoms with Gasteiger partial charge in [0.1, 0.15) is 5.60 Å². The lowest BCUT2D eigenvalue weighted by molar-refractivity contribution is -0.137. The average Bonchev–Trinajstić information content (AvgIpc) is 2.60. The first-order valence-electron chi connectivity index (χ1n) is 8.56. The zero-order valence-corrected chi connectivity index (χ0v) is 14.2. The second-order valence-electron chi connectivity index (χ2n) is 6.68. The van der Waals surface area contributed by atoms with Crippen LogP contribution in [0, 0.1) is 0 Å². The number of urea groups is 1. The van der Waals surface area contributed by atoms with E-state index in [1.807, 2.05) is 30.3 Å². The molecule has 7 nitrogen and oxygen atoms in total. The van der Waals surface area contributed by atoms with Gasteiger partial charge < -0.3 is 25.5 Å². The summed E-state index contributed by atoms with van der Waals surface area (Å²) >= 11 is 0. The molecule has 1 saturated heterocycles. The van der Waals surface area contributed by atoms with Crippen molar-refractivity contribution in [2.45, 2.75) is 43.7 Å². The number of aliphatic hydroxyl groups excluding tert-OH is 1. The second-order valence-corrected chi connectivity index (χ2v) is 6.68. The molecule has 0 radical (unpaired) electrons. The van der Waals surface area contributed by atoms with Gasteiger partial charge in [-0.05, 0) is 31.2 Å². The summed E-state index contributed by atoms with van der Waals surface area (Å²) in [5.74, 6) is -0.903. The van der Waals surface area contributed by atoms with Gasteiger partial charge in [-0.15, -0.1) is 0 Å². The van der Waals surface area contributed by atoms with Crippen molar-refractivity contribution in [3.05, 3.63) is 35.9 Å². The lowest BCUT2D eigenvalue weighted by Crippen LogP contribution is -2.56. The van der Waals surface area contributed by atoms with E-state index < -0.39 is 11.6 Å². The van der Waals surface area contributed by atoms with Crippen LogP contribution in [-0.2, 0) is 11.2 Å². The molecular formula is C18H26N2O5. The number of aliphatic carboxylic acids is 1. The van der Waals surface area contributed by atoms with Gasteiger partial charge in [0.2, 0.25) is 0 Å². The number of rotatable bonds is 7. The zero-order valence-electron chi connectivity index (χ0n) is 14.2. The van der Waals surface area contributed by atoms with Crippen LogP contribution in [0.4, 0.5) is 4.79 Å². The molecule has 0 aliphatic carbocycles. The molecule has 7 heteroatoms.